The maximum Gasteiger partial charge on any atom is 0.243 e. The van der Waals surface area contributed by atoms with Crippen LogP contribution in [-0.4, -0.2) is 26.7 Å². The number of rotatable bonds is 6. The Bertz CT molecular complexity index is 550. The molecular formula is C12H15Cl2NO3S. The number of hydrogen-bond acceptors (Lipinski definition) is 3. The summed E-state index contributed by atoms with van der Waals surface area (Å²) in [7, 11) is -3.73. The number of halogens is 2. The Morgan fingerprint density at radius 3 is 2.32 bits per heavy atom. The third kappa shape index (κ3) is 3.41. The molecule has 0 heterocycles. The highest BCUT2D eigenvalue weighted by Gasteiger charge is 2.42. The third-order valence-corrected chi connectivity index (χ3v) is 5.78. The van der Waals surface area contributed by atoms with E-state index >= 15 is 0 Å². The van der Waals surface area contributed by atoms with Crippen LogP contribution in [0.1, 0.15) is 19.3 Å². The molecule has 1 aromatic rings. The molecule has 0 aliphatic heterocycles. The van der Waals surface area contributed by atoms with Crippen molar-refractivity contribution in [2.45, 2.75) is 24.2 Å². The van der Waals surface area contributed by atoms with E-state index in [-0.39, 0.29) is 27.0 Å². The summed E-state index contributed by atoms with van der Waals surface area (Å²) in [6, 6.07) is 4.57. The molecule has 2 rings (SSSR count). The smallest absolute Gasteiger partial charge is 0.243 e. The van der Waals surface area contributed by atoms with Crippen molar-refractivity contribution in [3.63, 3.8) is 0 Å². The van der Waals surface area contributed by atoms with Crippen LogP contribution < -0.4 is 4.72 Å². The molecule has 0 atom stereocenters. The molecule has 4 nitrogen and oxygen atoms in total. The molecule has 19 heavy (non-hydrogen) atoms. The number of benzene rings is 1. The molecule has 0 bridgehead atoms. The van der Waals surface area contributed by atoms with Crippen molar-refractivity contribution in [1.29, 1.82) is 0 Å². The molecule has 1 aliphatic rings. The van der Waals surface area contributed by atoms with E-state index in [1.807, 2.05) is 0 Å². The maximum atomic E-state index is 12.2. The van der Waals surface area contributed by atoms with Crippen molar-refractivity contribution in [2.75, 3.05) is 13.2 Å². The van der Waals surface area contributed by atoms with Gasteiger partial charge in [0.15, 0.2) is 0 Å². The van der Waals surface area contributed by atoms with Gasteiger partial charge < -0.3 is 5.11 Å². The van der Waals surface area contributed by atoms with Crippen LogP contribution in [0.25, 0.3) is 0 Å². The molecule has 0 unspecified atom stereocenters. The van der Waals surface area contributed by atoms with E-state index in [2.05, 4.69) is 4.72 Å². The molecule has 1 saturated carbocycles. The van der Waals surface area contributed by atoms with Crippen LogP contribution in [0.2, 0.25) is 10.0 Å². The Balaban J connectivity index is 2.15. The zero-order chi connectivity index (χ0) is 14.1. The highest BCUT2D eigenvalue weighted by Crippen LogP contribution is 2.48. The Hall–Kier alpha value is -0.330. The average Bonchev–Trinajstić information content (AvgIpc) is 3.07. The third-order valence-electron chi connectivity index (χ3n) is 3.42. The quantitative estimate of drug-likeness (QED) is 0.845. The molecule has 0 spiro atoms. The summed E-state index contributed by atoms with van der Waals surface area (Å²) >= 11 is 11.8. The minimum Gasteiger partial charge on any atom is -0.396 e. The van der Waals surface area contributed by atoms with Gasteiger partial charge in [-0.25, -0.2) is 13.1 Å². The fourth-order valence-corrected chi connectivity index (χ4v) is 4.29. The van der Waals surface area contributed by atoms with Gasteiger partial charge in [-0.1, -0.05) is 29.3 Å². The van der Waals surface area contributed by atoms with Crippen LogP contribution in [0.3, 0.4) is 0 Å². The fraction of sp³-hybridized carbons (Fsp3) is 0.500. The lowest BCUT2D eigenvalue weighted by Crippen LogP contribution is -2.31. The zero-order valence-electron chi connectivity index (χ0n) is 10.2. The van der Waals surface area contributed by atoms with E-state index in [1.165, 1.54) is 12.1 Å². The standard InChI is InChI=1S/C12H15Cl2NO3S/c13-9-2-1-3-10(14)11(9)19(17,18)15-8-12(4-5-12)6-7-16/h1-3,15-16H,4-8H2. The summed E-state index contributed by atoms with van der Waals surface area (Å²) in [5, 5.41) is 9.16. The first-order chi connectivity index (χ1) is 8.90. The molecule has 1 fully saturated rings. The Morgan fingerprint density at radius 2 is 1.84 bits per heavy atom. The molecule has 1 aromatic carbocycles. The van der Waals surface area contributed by atoms with Gasteiger partial charge in [0, 0.05) is 13.2 Å². The fourth-order valence-electron chi connectivity index (χ4n) is 1.99. The highest BCUT2D eigenvalue weighted by molar-refractivity contribution is 7.89. The van der Waals surface area contributed by atoms with Gasteiger partial charge in [-0.05, 0) is 36.8 Å². The zero-order valence-corrected chi connectivity index (χ0v) is 12.5. The Morgan fingerprint density at radius 1 is 1.26 bits per heavy atom. The normalized spacial score (nSPS) is 17.4. The minimum atomic E-state index is -3.73. The van der Waals surface area contributed by atoms with E-state index in [9.17, 15) is 8.42 Å². The molecule has 0 radical (unpaired) electrons. The molecule has 106 valence electrons. The van der Waals surface area contributed by atoms with E-state index in [0.29, 0.717) is 13.0 Å². The monoisotopic (exact) mass is 323 g/mol. The number of sulfonamides is 1. The van der Waals surface area contributed by atoms with Gasteiger partial charge in [0.05, 0.1) is 10.0 Å². The largest absolute Gasteiger partial charge is 0.396 e. The predicted octanol–water partition coefficient (Wildman–Crippen LogP) is 2.43. The number of nitrogens with one attached hydrogen (secondary N) is 1. The van der Waals surface area contributed by atoms with Crippen molar-refractivity contribution >= 4 is 33.2 Å². The maximum absolute atomic E-state index is 12.2. The molecule has 2 N–H and O–H groups in total. The van der Waals surface area contributed by atoms with Crippen molar-refractivity contribution < 1.29 is 13.5 Å². The Labute approximate surface area is 122 Å². The molecule has 0 saturated heterocycles. The van der Waals surface area contributed by atoms with Gasteiger partial charge in [0.25, 0.3) is 0 Å². The van der Waals surface area contributed by atoms with Gasteiger partial charge in [-0.2, -0.15) is 0 Å². The minimum absolute atomic E-state index is 0.0641. The number of aliphatic hydroxyl groups is 1. The lowest BCUT2D eigenvalue weighted by molar-refractivity contribution is 0.249. The van der Waals surface area contributed by atoms with E-state index in [4.69, 9.17) is 28.3 Å². The highest BCUT2D eigenvalue weighted by atomic mass is 35.5. The first kappa shape index (κ1) is 15.1. The van der Waals surface area contributed by atoms with Crippen LogP contribution in [0.15, 0.2) is 23.1 Å². The molecule has 7 heteroatoms. The van der Waals surface area contributed by atoms with Gasteiger partial charge in [-0.15, -0.1) is 0 Å². The summed E-state index contributed by atoms with van der Waals surface area (Å²) in [6.45, 7) is 0.367. The predicted molar refractivity (Wildman–Crippen MR) is 75.0 cm³/mol. The molecule has 0 aromatic heterocycles. The topological polar surface area (TPSA) is 66.4 Å². The summed E-state index contributed by atoms with van der Waals surface area (Å²) in [6.07, 6.45) is 2.45. The second-order valence-electron chi connectivity index (χ2n) is 4.85. The van der Waals surface area contributed by atoms with Crippen molar-refractivity contribution in [3.05, 3.63) is 28.2 Å². The second-order valence-corrected chi connectivity index (χ2v) is 7.37. The lowest BCUT2D eigenvalue weighted by atomic mass is 10.0. The van der Waals surface area contributed by atoms with E-state index in [1.54, 1.807) is 6.07 Å². The molecular weight excluding hydrogens is 309 g/mol. The van der Waals surface area contributed by atoms with E-state index < -0.39 is 10.0 Å². The van der Waals surface area contributed by atoms with Gasteiger partial charge in [-0.3, -0.25) is 0 Å². The van der Waals surface area contributed by atoms with Crippen LogP contribution in [0.5, 0.6) is 0 Å². The van der Waals surface area contributed by atoms with Gasteiger partial charge in [0.1, 0.15) is 4.90 Å². The van der Waals surface area contributed by atoms with Crippen LogP contribution in [-0.2, 0) is 10.0 Å². The molecule has 0 amide bonds. The van der Waals surface area contributed by atoms with Crippen LogP contribution >= 0.6 is 23.2 Å². The summed E-state index contributed by atoms with van der Waals surface area (Å²) < 4.78 is 27.0. The number of hydrogen-bond donors (Lipinski definition) is 2. The Kier molecular flexibility index (Phi) is 4.42. The van der Waals surface area contributed by atoms with Crippen molar-refractivity contribution in [1.82, 2.24) is 4.72 Å². The SMILES string of the molecule is O=S(=O)(NCC1(CCO)CC1)c1c(Cl)cccc1Cl. The van der Waals surface area contributed by atoms with Gasteiger partial charge in [0.2, 0.25) is 10.0 Å². The second kappa shape index (κ2) is 5.58. The number of aliphatic hydroxyl groups excluding tert-OH is 1. The van der Waals surface area contributed by atoms with Crippen molar-refractivity contribution in [2.24, 2.45) is 5.41 Å². The van der Waals surface area contributed by atoms with Crippen molar-refractivity contribution in [3.8, 4) is 0 Å². The molecule has 1 aliphatic carbocycles. The summed E-state index contributed by atoms with van der Waals surface area (Å²) in [4.78, 5) is -0.0851. The van der Waals surface area contributed by atoms with Crippen LogP contribution in [0.4, 0.5) is 0 Å². The van der Waals surface area contributed by atoms with Gasteiger partial charge >= 0.3 is 0 Å². The van der Waals surface area contributed by atoms with Crippen LogP contribution in [0, 0.1) is 5.41 Å². The lowest BCUT2D eigenvalue weighted by Gasteiger charge is -2.15. The summed E-state index contributed by atoms with van der Waals surface area (Å²) in [5.74, 6) is 0. The summed E-state index contributed by atoms with van der Waals surface area (Å²) in [5.41, 5.74) is -0.102. The average molecular weight is 324 g/mol. The van der Waals surface area contributed by atoms with E-state index in [0.717, 1.165) is 12.8 Å². The first-order valence-corrected chi connectivity index (χ1v) is 8.19. The first-order valence-electron chi connectivity index (χ1n) is 5.95.